The van der Waals surface area contributed by atoms with Gasteiger partial charge in [-0.25, -0.2) is 9.97 Å². The SMILES string of the molecule is COS(=O)(=O)c1ccc(C)cc1C1CCC(N(C)c2ncnc3c2ccn3-c2ccc(C)cc2)CC1. The van der Waals surface area contributed by atoms with E-state index in [4.69, 9.17) is 4.18 Å². The number of benzene rings is 2. The third-order valence-corrected chi connectivity index (χ3v) is 8.79. The summed E-state index contributed by atoms with van der Waals surface area (Å²) in [5.41, 5.74) is 5.11. The molecule has 2 aromatic carbocycles. The summed E-state index contributed by atoms with van der Waals surface area (Å²) in [6.07, 6.45) is 7.40. The van der Waals surface area contributed by atoms with Crippen molar-refractivity contribution in [3.8, 4) is 5.69 Å². The molecule has 0 aliphatic heterocycles. The van der Waals surface area contributed by atoms with Gasteiger partial charge >= 0.3 is 0 Å². The number of anilines is 1. The van der Waals surface area contributed by atoms with Crippen LogP contribution in [0.5, 0.6) is 0 Å². The smallest absolute Gasteiger partial charge is 0.296 e. The molecule has 1 saturated carbocycles. The number of fused-ring (bicyclic) bond motifs is 1. The molecule has 0 spiro atoms. The molecule has 1 aliphatic carbocycles. The van der Waals surface area contributed by atoms with E-state index in [1.807, 2.05) is 25.3 Å². The number of aromatic nitrogens is 3. The van der Waals surface area contributed by atoms with Gasteiger partial charge in [-0.3, -0.25) is 4.18 Å². The third-order valence-electron chi connectivity index (χ3n) is 7.44. The molecule has 2 aromatic heterocycles. The average molecular weight is 505 g/mol. The Morgan fingerprint density at radius 1 is 0.944 bits per heavy atom. The summed E-state index contributed by atoms with van der Waals surface area (Å²) in [6, 6.07) is 16.3. The minimum absolute atomic E-state index is 0.183. The highest BCUT2D eigenvalue weighted by Crippen LogP contribution is 2.39. The number of hydrogen-bond acceptors (Lipinski definition) is 6. The third kappa shape index (κ3) is 4.51. The van der Waals surface area contributed by atoms with Gasteiger partial charge in [-0.15, -0.1) is 0 Å². The lowest BCUT2D eigenvalue weighted by atomic mass is 9.81. The standard InChI is InChI=1S/C28H32N4O3S/c1-19-5-10-23(11-6-19)32-16-15-24-27(29-18-30-28(24)32)31(3)22-12-8-21(9-13-22)25-17-20(2)7-14-26(25)36(33,34)35-4/h5-7,10-11,14-18,21-22H,8-9,12-13H2,1-4H3. The summed E-state index contributed by atoms with van der Waals surface area (Å²) < 4.78 is 32.0. The Balaban J connectivity index is 1.38. The van der Waals surface area contributed by atoms with Gasteiger partial charge in [-0.05, 0) is 75.3 Å². The highest BCUT2D eigenvalue weighted by Gasteiger charge is 2.30. The maximum Gasteiger partial charge on any atom is 0.296 e. The molecule has 7 nitrogen and oxygen atoms in total. The van der Waals surface area contributed by atoms with Crippen molar-refractivity contribution >= 4 is 27.0 Å². The fourth-order valence-corrected chi connectivity index (χ4v) is 6.31. The molecule has 188 valence electrons. The van der Waals surface area contributed by atoms with Crippen LogP contribution in [-0.4, -0.2) is 43.2 Å². The van der Waals surface area contributed by atoms with Gasteiger partial charge in [0, 0.05) is 25.0 Å². The zero-order valence-electron chi connectivity index (χ0n) is 21.2. The minimum Gasteiger partial charge on any atom is -0.356 e. The summed E-state index contributed by atoms with van der Waals surface area (Å²) in [5, 5.41) is 1.02. The highest BCUT2D eigenvalue weighted by molar-refractivity contribution is 7.86. The first-order chi connectivity index (χ1) is 17.3. The number of rotatable bonds is 6. The molecule has 0 radical (unpaired) electrons. The van der Waals surface area contributed by atoms with E-state index in [0.29, 0.717) is 10.9 Å². The maximum absolute atomic E-state index is 12.5. The van der Waals surface area contributed by atoms with Gasteiger partial charge in [0.05, 0.1) is 17.4 Å². The van der Waals surface area contributed by atoms with Gasteiger partial charge in [0.15, 0.2) is 0 Å². The summed E-state index contributed by atoms with van der Waals surface area (Å²) in [6.45, 7) is 4.08. The zero-order chi connectivity index (χ0) is 25.4. The van der Waals surface area contributed by atoms with Crippen LogP contribution >= 0.6 is 0 Å². The maximum atomic E-state index is 12.5. The van der Waals surface area contributed by atoms with E-state index in [9.17, 15) is 8.42 Å². The Morgan fingerprint density at radius 2 is 1.64 bits per heavy atom. The Bertz CT molecular complexity index is 1490. The van der Waals surface area contributed by atoms with E-state index in [1.165, 1.54) is 12.7 Å². The molecular weight excluding hydrogens is 472 g/mol. The minimum atomic E-state index is -3.74. The Labute approximate surface area is 212 Å². The molecule has 4 aromatic rings. The van der Waals surface area contributed by atoms with Gasteiger partial charge in [0.25, 0.3) is 10.1 Å². The topological polar surface area (TPSA) is 77.3 Å². The first-order valence-electron chi connectivity index (χ1n) is 12.3. The van der Waals surface area contributed by atoms with E-state index in [0.717, 1.165) is 59.3 Å². The molecule has 0 unspecified atom stereocenters. The molecule has 1 fully saturated rings. The molecule has 5 rings (SSSR count). The van der Waals surface area contributed by atoms with E-state index in [2.05, 4.69) is 63.7 Å². The molecule has 36 heavy (non-hydrogen) atoms. The van der Waals surface area contributed by atoms with E-state index < -0.39 is 10.1 Å². The Morgan fingerprint density at radius 3 is 2.33 bits per heavy atom. The highest BCUT2D eigenvalue weighted by atomic mass is 32.2. The number of aryl methyl sites for hydroxylation is 2. The second kappa shape index (κ2) is 9.67. The molecule has 1 aliphatic rings. The van der Waals surface area contributed by atoms with Crippen LogP contribution in [0.2, 0.25) is 0 Å². The van der Waals surface area contributed by atoms with Crippen LogP contribution in [0.3, 0.4) is 0 Å². The van der Waals surface area contributed by atoms with E-state index in [1.54, 1.807) is 12.4 Å². The molecule has 2 heterocycles. The quantitative estimate of drug-likeness (QED) is 0.321. The van der Waals surface area contributed by atoms with Gasteiger partial charge in [-0.1, -0.05) is 35.4 Å². The number of nitrogens with zero attached hydrogens (tertiary/aromatic N) is 4. The first kappa shape index (κ1) is 24.5. The molecular formula is C28H32N4O3S. The van der Waals surface area contributed by atoms with E-state index >= 15 is 0 Å². The predicted octanol–water partition coefficient (Wildman–Crippen LogP) is 5.54. The average Bonchev–Trinajstić information content (AvgIpc) is 3.33. The Hall–Kier alpha value is -3.23. The largest absolute Gasteiger partial charge is 0.356 e. The van der Waals surface area contributed by atoms with Crippen LogP contribution in [0, 0.1) is 13.8 Å². The summed E-state index contributed by atoms with van der Waals surface area (Å²) in [4.78, 5) is 11.8. The fraction of sp³-hybridized carbons (Fsp3) is 0.357. The van der Waals surface area contributed by atoms with Crippen molar-refractivity contribution in [3.05, 3.63) is 77.7 Å². The van der Waals surface area contributed by atoms with Gasteiger partial charge < -0.3 is 9.47 Å². The lowest BCUT2D eigenvalue weighted by Crippen LogP contribution is -2.35. The van der Waals surface area contributed by atoms with Crippen molar-refractivity contribution < 1.29 is 12.6 Å². The van der Waals surface area contributed by atoms with Crippen LogP contribution < -0.4 is 4.90 Å². The van der Waals surface area contributed by atoms with E-state index in [-0.39, 0.29) is 5.92 Å². The second-order valence-corrected chi connectivity index (χ2v) is 11.4. The molecule has 0 amide bonds. The van der Waals surface area contributed by atoms with Crippen molar-refractivity contribution in [2.75, 3.05) is 19.1 Å². The molecule has 0 atom stereocenters. The van der Waals surface area contributed by atoms with Crippen LogP contribution in [0.15, 0.2) is 66.0 Å². The lowest BCUT2D eigenvalue weighted by Gasteiger charge is -2.36. The molecule has 8 heteroatoms. The van der Waals surface area contributed by atoms with Crippen molar-refractivity contribution in [2.45, 2.75) is 56.4 Å². The van der Waals surface area contributed by atoms with Crippen molar-refractivity contribution in [3.63, 3.8) is 0 Å². The predicted molar refractivity (Wildman–Crippen MR) is 142 cm³/mol. The van der Waals surface area contributed by atoms with Crippen molar-refractivity contribution in [2.24, 2.45) is 0 Å². The Kier molecular flexibility index (Phi) is 6.57. The van der Waals surface area contributed by atoms with Gasteiger partial charge in [0.2, 0.25) is 0 Å². The second-order valence-electron chi connectivity index (χ2n) is 9.73. The van der Waals surface area contributed by atoms with Gasteiger partial charge in [0.1, 0.15) is 17.8 Å². The normalized spacial score (nSPS) is 18.4. The molecule has 0 N–H and O–H groups in total. The number of hydrogen-bond donors (Lipinski definition) is 0. The van der Waals surface area contributed by atoms with Crippen molar-refractivity contribution in [1.29, 1.82) is 0 Å². The summed E-state index contributed by atoms with van der Waals surface area (Å²) in [5.74, 6) is 1.11. The molecule has 0 bridgehead atoms. The van der Waals surface area contributed by atoms with Crippen LogP contribution in [0.1, 0.15) is 48.3 Å². The van der Waals surface area contributed by atoms with Crippen molar-refractivity contribution in [1.82, 2.24) is 14.5 Å². The zero-order valence-corrected chi connectivity index (χ0v) is 22.0. The lowest BCUT2D eigenvalue weighted by molar-refractivity contribution is 0.375. The first-order valence-corrected chi connectivity index (χ1v) is 13.7. The molecule has 0 saturated heterocycles. The van der Waals surface area contributed by atoms with Gasteiger partial charge in [-0.2, -0.15) is 8.42 Å². The van der Waals surface area contributed by atoms with Crippen LogP contribution in [0.25, 0.3) is 16.7 Å². The summed E-state index contributed by atoms with van der Waals surface area (Å²) in [7, 11) is -0.423. The van der Waals surface area contributed by atoms with Crippen LogP contribution in [-0.2, 0) is 14.3 Å². The van der Waals surface area contributed by atoms with Crippen LogP contribution in [0.4, 0.5) is 5.82 Å². The fourth-order valence-electron chi connectivity index (χ4n) is 5.38. The summed E-state index contributed by atoms with van der Waals surface area (Å²) >= 11 is 0. The monoisotopic (exact) mass is 504 g/mol.